The van der Waals surface area contributed by atoms with Crippen LogP contribution in [0.3, 0.4) is 0 Å². The number of aliphatic hydroxyl groups is 1. The minimum absolute atomic E-state index is 0.0470. The predicted molar refractivity (Wildman–Crippen MR) is 133 cm³/mol. The molecule has 2 saturated carbocycles. The minimum Gasteiger partial charge on any atom is -0.381 e. The molecule has 34 heavy (non-hydrogen) atoms. The summed E-state index contributed by atoms with van der Waals surface area (Å²) in [7, 11) is 5.60. The Morgan fingerprint density at radius 1 is 1.15 bits per heavy atom. The van der Waals surface area contributed by atoms with Gasteiger partial charge in [0, 0.05) is 44.6 Å². The summed E-state index contributed by atoms with van der Waals surface area (Å²) in [5.74, 6) is 0.789. The van der Waals surface area contributed by atoms with Gasteiger partial charge in [-0.15, -0.1) is 0 Å². The molecule has 0 radical (unpaired) electrons. The van der Waals surface area contributed by atoms with Gasteiger partial charge in [-0.1, -0.05) is 24.6 Å². The zero-order chi connectivity index (χ0) is 24.3. The molecule has 0 amide bonds. The fraction of sp³-hybridized carbons (Fsp3) is 0.586. The molecule has 182 valence electrons. The van der Waals surface area contributed by atoms with Crippen LogP contribution in [0, 0.1) is 17.3 Å². The molecule has 2 fully saturated rings. The molecule has 4 aliphatic carbocycles. The lowest BCUT2D eigenvalue weighted by Gasteiger charge is -2.54. The maximum atomic E-state index is 13.2. The normalized spacial score (nSPS) is 34.8. The molecule has 5 nitrogen and oxygen atoms in total. The third-order valence-electron chi connectivity index (χ3n) is 9.44. The molecule has 3 unspecified atom stereocenters. The molecule has 1 aromatic carbocycles. The van der Waals surface area contributed by atoms with E-state index >= 15 is 0 Å². The first kappa shape index (κ1) is 23.5. The zero-order valence-corrected chi connectivity index (χ0v) is 20.9. The van der Waals surface area contributed by atoms with Gasteiger partial charge in [-0.25, -0.2) is 0 Å². The van der Waals surface area contributed by atoms with Gasteiger partial charge in [-0.2, -0.15) is 0 Å². The maximum Gasteiger partial charge on any atom is 0.190 e. The van der Waals surface area contributed by atoms with Crippen molar-refractivity contribution in [3.05, 3.63) is 52.6 Å². The largest absolute Gasteiger partial charge is 0.381 e. The number of Topliss-reactive ketones (excluding diaryl/α,β-unsaturated/α-hetero) is 1. The number of methoxy groups -OCH3 is 1. The van der Waals surface area contributed by atoms with Gasteiger partial charge in [0.1, 0.15) is 12.2 Å². The summed E-state index contributed by atoms with van der Waals surface area (Å²) < 4.78 is 5.18. The minimum atomic E-state index is -1.36. The van der Waals surface area contributed by atoms with Crippen molar-refractivity contribution in [2.45, 2.75) is 63.4 Å². The lowest BCUT2D eigenvalue weighted by atomic mass is 9.50. The van der Waals surface area contributed by atoms with Crippen molar-refractivity contribution >= 4 is 17.3 Å². The number of carbonyl (C=O) groups is 2. The number of benzene rings is 1. The number of nitrogens with zero attached hydrogens (tertiary/aromatic N) is 1. The predicted octanol–water partition coefficient (Wildman–Crippen LogP) is 4.60. The Hall–Kier alpha value is -2.24. The average Bonchev–Trinajstić information content (AvgIpc) is 3.10. The SMILES string of the molecule is COCC(=O)[C@@]1(O)CCC2C3CCC4=CC(=O)CCC4=C3C(c3ccc(N(C)C)cc3)C[C@@]21C. The molecule has 0 bridgehead atoms. The lowest BCUT2D eigenvalue weighted by molar-refractivity contribution is -0.158. The molecule has 0 heterocycles. The van der Waals surface area contributed by atoms with Crippen LogP contribution in [0.4, 0.5) is 5.69 Å². The second-order valence-electron chi connectivity index (χ2n) is 11.2. The summed E-state index contributed by atoms with van der Waals surface area (Å²) in [5.41, 5.74) is 4.62. The van der Waals surface area contributed by atoms with E-state index in [0.717, 1.165) is 37.8 Å². The monoisotopic (exact) mass is 463 g/mol. The summed E-state index contributed by atoms with van der Waals surface area (Å²) in [6.45, 7) is 2.10. The van der Waals surface area contributed by atoms with E-state index in [9.17, 15) is 14.7 Å². The van der Waals surface area contributed by atoms with Gasteiger partial charge < -0.3 is 14.7 Å². The van der Waals surface area contributed by atoms with Crippen molar-refractivity contribution in [3.63, 3.8) is 0 Å². The fourth-order valence-corrected chi connectivity index (χ4v) is 7.68. The van der Waals surface area contributed by atoms with Crippen LogP contribution in [0.25, 0.3) is 0 Å². The number of allylic oxidation sites excluding steroid dienone is 4. The van der Waals surface area contributed by atoms with E-state index in [1.807, 2.05) is 20.2 Å². The smallest absolute Gasteiger partial charge is 0.190 e. The number of hydrogen-bond acceptors (Lipinski definition) is 5. The molecule has 5 atom stereocenters. The van der Waals surface area contributed by atoms with Crippen LogP contribution in [0.2, 0.25) is 0 Å². The Kier molecular flexibility index (Phi) is 5.84. The maximum absolute atomic E-state index is 13.2. The number of ether oxygens (including phenoxy) is 1. The summed E-state index contributed by atoms with van der Waals surface area (Å²) in [6, 6.07) is 8.74. The van der Waals surface area contributed by atoms with Crippen LogP contribution in [0.15, 0.2) is 47.1 Å². The van der Waals surface area contributed by atoms with Crippen LogP contribution in [0.5, 0.6) is 0 Å². The molecule has 0 aliphatic heterocycles. The number of carbonyl (C=O) groups excluding carboxylic acids is 2. The summed E-state index contributed by atoms with van der Waals surface area (Å²) >= 11 is 0. The van der Waals surface area contributed by atoms with Gasteiger partial charge in [-0.3, -0.25) is 9.59 Å². The molecule has 5 heteroatoms. The van der Waals surface area contributed by atoms with Crippen molar-refractivity contribution in [1.29, 1.82) is 0 Å². The first-order chi connectivity index (χ1) is 16.2. The van der Waals surface area contributed by atoms with Crippen molar-refractivity contribution < 1.29 is 19.4 Å². The van der Waals surface area contributed by atoms with Gasteiger partial charge >= 0.3 is 0 Å². The van der Waals surface area contributed by atoms with E-state index < -0.39 is 11.0 Å². The molecule has 0 saturated heterocycles. The quantitative estimate of drug-likeness (QED) is 0.691. The number of rotatable bonds is 5. The van der Waals surface area contributed by atoms with Crippen molar-refractivity contribution in [2.24, 2.45) is 17.3 Å². The van der Waals surface area contributed by atoms with Crippen molar-refractivity contribution in [2.75, 3.05) is 32.7 Å². The first-order valence-electron chi connectivity index (χ1n) is 12.7. The highest BCUT2D eigenvalue weighted by Crippen LogP contribution is 2.66. The van der Waals surface area contributed by atoms with Gasteiger partial charge in [0.15, 0.2) is 11.6 Å². The topological polar surface area (TPSA) is 66.8 Å². The number of fused-ring (bicyclic) bond motifs is 4. The lowest BCUT2D eigenvalue weighted by Crippen LogP contribution is -2.56. The highest BCUT2D eigenvalue weighted by Gasteiger charge is 2.65. The van der Waals surface area contributed by atoms with Crippen LogP contribution in [0.1, 0.15) is 63.4 Å². The van der Waals surface area contributed by atoms with Gasteiger partial charge in [0.05, 0.1) is 0 Å². The zero-order valence-electron chi connectivity index (χ0n) is 20.9. The Morgan fingerprint density at radius 3 is 2.56 bits per heavy atom. The molecule has 0 aromatic heterocycles. The second kappa shape index (κ2) is 8.46. The molecular weight excluding hydrogens is 426 g/mol. The molecular formula is C29H37NO4. The number of ketones is 2. The first-order valence-corrected chi connectivity index (χ1v) is 12.7. The van der Waals surface area contributed by atoms with E-state index in [1.165, 1.54) is 29.4 Å². The van der Waals surface area contributed by atoms with E-state index in [4.69, 9.17) is 4.74 Å². The molecule has 4 aliphatic rings. The molecule has 5 rings (SSSR count). The molecule has 1 N–H and O–H groups in total. The van der Waals surface area contributed by atoms with E-state index in [2.05, 4.69) is 36.1 Å². The Bertz CT molecular complexity index is 1070. The standard InChI is InChI=1S/C29H37NO4/c1-28-16-24(18-5-8-20(9-6-18)30(2)3)27-22-12-10-21(31)15-19(22)7-11-23(27)25(28)13-14-29(28,33)26(32)17-34-4/h5-6,8-9,15,23-25,33H,7,10-14,16-17H2,1-4H3/t23?,24?,25?,28-,29-/m0/s1. The van der Waals surface area contributed by atoms with Crippen LogP contribution in [-0.4, -0.2) is 50.1 Å². The van der Waals surface area contributed by atoms with E-state index in [-0.39, 0.29) is 30.0 Å². The van der Waals surface area contributed by atoms with Crippen LogP contribution in [-0.2, 0) is 14.3 Å². The van der Waals surface area contributed by atoms with Gasteiger partial charge in [0.2, 0.25) is 0 Å². The third kappa shape index (κ3) is 3.43. The summed E-state index contributed by atoms with van der Waals surface area (Å²) in [5, 5.41) is 11.9. The van der Waals surface area contributed by atoms with Crippen molar-refractivity contribution in [3.8, 4) is 0 Å². The Labute approximate surface area is 202 Å². The molecule has 1 aromatic rings. The molecule has 0 spiro atoms. The summed E-state index contributed by atoms with van der Waals surface area (Å²) in [4.78, 5) is 27.5. The number of hydrogen-bond donors (Lipinski definition) is 1. The average molecular weight is 464 g/mol. The highest BCUT2D eigenvalue weighted by atomic mass is 16.5. The van der Waals surface area contributed by atoms with E-state index in [1.54, 1.807) is 0 Å². The van der Waals surface area contributed by atoms with Gasteiger partial charge in [-0.05, 0) is 85.3 Å². The highest BCUT2D eigenvalue weighted by molar-refractivity contribution is 5.93. The van der Waals surface area contributed by atoms with Crippen LogP contribution >= 0.6 is 0 Å². The Balaban J connectivity index is 1.65. The van der Waals surface area contributed by atoms with Crippen molar-refractivity contribution in [1.82, 2.24) is 0 Å². The Morgan fingerprint density at radius 2 is 1.88 bits per heavy atom. The third-order valence-corrected chi connectivity index (χ3v) is 9.44. The second-order valence-corrected chi connectivity index (χ2v) is 11.2. The van der Waals surface area contributed by atoms with Crippen LogP contribution < -0.4 is 4.90 Å². The van der Waals surface area contributed by atoms with E-state index in [0.29, 0.717) is 18.8 Å². The fourth-order valence-electron chi connectivity index (χ4n) is 7.68. The number of anilines is 1. The van der Waals surface area contributed by atoms with Gasteiger partial charge in [0.25, 0.3) is 0 Å². The summed E-state index contributed by atoms with van der Waals surface area (Å²) in [6.07, 6.45) is 7.28.